The molecule has 2 N–H and O–H groups in total. The van der Waals surface area contributed by atoms with Gasteiger partial charge >= 0.3 is 0 Å². The summed E-state index contributed by atoms with van der Waals surface area (Å²) in [6.07, 6.45) is 4.11. The van der Waals surface area contributed by atoms with E-state index in [2.05, 4.69) is 24.7 Å². The lowest BCUT2D eigenvalue weighted by Gasteiger charge is -2.22. The molecule has 0 aromatic rings. The Kier molecular flexibility index (Phi) is 7.64. The van der Waals surface area contributed by atoms with E-state index in [0.29, 0.717) is 12.3 Å². The van der Waals surface area contributed by atoms with E-state index in [1.54, 1.807) is 0 Å². The fourth-order valence-corrected chi connectivity index (χ4v) is 1.77. The highest BCUT2D eigenvalue weighted by atomic mass is 16.2. The number of rotatable bonds is 7. The van der Waals surface area contributed by atoms with E-state index in [1.807, 2.05) is 20.8 Å². The van der Waals surface area contributed by atoms with Crippen LogP contribution in [0.1, 0.15) is 66.7 Å². The molecule has 0 aliphatic rings. The van der Waals surface area contributed by atoms with Crippen molar-refractivity contribution < 1.29 is 9.59 Å². The first-order chi connectivity index (χ1) is 8.29. The molecule has 0 atom stereocenters. The molecule has 0 spiro atoms. The maximum atomic E-state index is 11.8. The van der Waals surface area contributed by atoms with Gasteiger partial charge in [0.2, 0.25) is 11.8 Å². The molecule has 0 radical (unpaired) electrons. The summed E-state index contributed by atoms with van der Waals surface area (Å²) in [7, 11) is 0. The normalized spacial score (nSPS) is 11.4. The molecule has 106 valence electrons. The molecule has 0 heterocycles. The Morgan fingerprint density at radius 1 is 1.17 bits per heavy atom. The molecule has 0 unspecified atom stereocenters. The molecule has 2 amide bonds. The summed E-state index contributed by atoms with van der Waals surface area (Å²) in [5.41, 5.74) is 4.56. The van der Waals surface area contributed by atoms with Crippen molar-refractivity contribution in [2.75, 3.05) is 0 Å². The van der Waals surface area contributed by atoms with Gasteiger partial charge in [-0.1, -0.05) is 47.5 Å². The monoisotopic (exact) mass is 256 g/mol. The molecule has 0 fully saturated rings. The van der Waals surface area contributed by atoms with Gasteiger partial charge in [0, 0.05) is 11.8 Å². The topological polar surface area (TPSA) is 58.2 Å². The van der Waals surface area contributed by atoms with E-state index in [9.17, 15) is 9.59 Å². The van der Waals surface area contributed by atoms with Crippen LogP contribution in [0, 0.1) is 11.3 Å². The summed E-state index contributed by atoms with van der Waals surface area (Å²) in [5.74, 6) is 0.369. The molecule has 0 aliphatic heterocycles. The minimum absolute atomic E-state index is 0.115. The standard InChI is InChI=1S/C14H28N2O2/c1-6-10-14(4,5)13(18)16-15-12(17)9-7-8-11(2)3/h11H,6-10H2,1-5H3,(H,15,17)(H,16,18). The van der Waals surface area contributed by atoms with Gasteiger partial charge in [-0.2, -0.15) is 0 Å². The van der Waals surface area contributed by atoms with Crippen molar-refractivity contribution in [3.05, 3.63) is 0 Å². The molecule has 0 bridgehead atoms. The first kappa shape index (κ1) is 16.9. The zero-order valence-corrected chi connectivity index (χ0v) is 12.4. The minimum atomic E-state index is -0.431. The fourth-order valence-electron chi connectivity index (χ4n) is 1.77. The summed E-state index contributed by atoms with van der Waals surface area (Å²) < 4.78 is 0. The van der Waals surface area contributed by atoms with Gasteiger partial charge in [0.25, 0.3) is 0 Å². The third-order valence-electron chi connectivity index (χ3n) is 2.99. The van der Waals surface area contributed by atoms with E-state index in [1.165, 1.54) is 0 Å². The molecule has 18 heavy (non-hydrogen) atoms. The highest BCUT2D eigenvalue weighted by molar-refractivity contribution is 5.85. The van der Waals surface area contributed by atoms with Gasteiger partial charge in [-0.25, -0.2) is 0 Å². The molecule has 0 aromatic carbocycles. The Hall–Kier alpha value is -1.06. The summed E-state index contributed by atoms with van der Waals surface area (Å²) in [5, 5.41) is 0. The van der Waals surface area contributed by atoms with Crippen molar-refractivity contribution in [2.24, 2.45) is 11.3 Å². The lowest BCUT2D eigenvalue weighted by Crippen LogP contribution is -2.47. The van der Waals surface area contributed by atoms with Crippen molar-refractivity contribution in [3.63, 3.8) is 0 Å². The second kappa shape index (κ2) is 8.11. The van der Waals surface area contributed by atoms with Crippen LogP contribution in [0.5, 0.6) is 0 Å². The van der Waals surface area contributed by atoms with Gasteiger partial charge in [-0.3, -0.25) is 20.4 Å². The van der Waals surface area contributed by atoms with E-state index >= 15 is 0 Å². The van der Waals surface area contributed by atoms with Crippen LogP contribution in [0.2, 0.25) is 0 Å². The van der Waals surface area contributed by atoms with Gasteiger partial charge in [-0.15, -0.1) is 0 Å². The Morgan fingerprint density at radius 3 is 2.28 bits per heavy atom. The first-order valence-corrected chi connectivity index (χ1v) is 6.89. The van der Waals surface area contributed by atoms with E-state index in [4.69, 9.17) is 0 Å². The fraction of sp³-hybridized carbons (Fsp3) is 0.857. The van der Waals surface area contributed by atoms with Crippen LogP contribution in [0.15, 0.2) is 0 Å². The van der Waals surface area contributed by atoms with Gasteiger partial charge in [0.05, 0.1) is 0 Å². The summed E-state index contributed by atoms with van der Waals surface area (Å²) in [6, 6.07) is 0. The Labute approximate surface area is 111 Å². The second-order valence-corrected chi connectivity index (χ2v) is 5.92. The lowest BCUT2D eigenvalue weighted by molar-refractivity contribution is -0.134. The molecule has 0 rings (SSSR count). The molecule has 0 aromatic heterocycles. The highest BCUT2D eigenvalue weighted by Gasteiger charge is 2.26. The van der Waals surface area contributed by atoms with Gasteiger partial charge in [0.15, 0.2) is 0 Å². The van der Waals surface area contributed by atoms with Crippen LogP contribution in [0.3, 0.4) is 0 Å². The zero-order chi connectivity index (χ0) is 14.2. The smallest absolute Gasteiger partial charge is 0.244 e. The van der Waals surface area contributed by atoms with Crippen molar-refractivity contribution >= 4 is 11.8 Å². The summed E-state index contributed by atoms with van der Waals surface area (Å²) in [6.45, 7) is 10.1. The highest BCUT2D eigenvalue weighted by Crippen LogP contribution is 2.21. The molecule has 0 saturated heterocycles. The number of carbonyl (C=O) groups is 2. The van der Waals surface area contributed by atoms with Crippen LogP contribution in [0.4, 0.5) is 0 Å². The largest absolute Gasteiger partial charge is 0.273 e. The van der Waals surface area contributed by atoms with Gasteiger partial charge < -0.3 is 0 Å². The maximum absolute atomic E-state index is 11.8. The second-order valence-electron chi connectivity index (χ2n) is 5.92. The molecule has 0 aliphatic carbocycles. The number of hydrazine groups is 1. The molecule has 0 saturated carbocycles. The van der Waals surface area contributed by atoms with E-state index in [0.717, 1.165) is 25.7 Å². The van der Waals surface area contributed by atoms with Crippen molar-refractivity contribution in [3.8, 4) is 0 Å². The number of carbonyl (C=O) groups excluding carboxylic acids is 2. The average Bonchev–Trinajstić information content (AvgIpc) is 2.25. The Balaban J connectivity index is 3.88. The first-order valence-electron chi connectivity index (χ1n) is 6.89. The van der Waals surface area contributed by atoms with Crippen molar-refractivity contribution in [1.29, 1.82) is 0 Å². The maximum Gasteiger partial charge on any atom is 0.244 e. The van der Waals surface area contributed by atoms with Gasteiger partial charge in [-0.05, 0) is 18.8 Å². The molecular formula is C14H28N2O2. The van der Waals surface area contributed by atoms with Crippen LogP contribution in [-0.2, 0) is 9.59 Å². The van der Waals surface area contributed by atoms with Crippen LogP contribution in [0.25, 0.3) is 0 Å². The third-order valence-corrected chi connectivity index (χ3v) is 2.99. The van der Waals surface area contributed by atoms with E-state index < -0.39 is 5.41 Å². The Bertz CT molecular complexity index is 273. The number of hydrogen-bond donors (Lipinski definition) is 2. The number of nitrogens with one attached hydrogen (secondary N) is 2. The summed E-state index contributed by atoms with van der Waals surface area (Å²) in [4.78, 5) is 23.3. The average molecular weight is 256 g/mol. The zero-order valence-electron chi connectivity index (χ0n) is 12.4. The molecule has 4 heteroatoms. The predicted octanol–water partition coefficient (Wildman–Crippen LogP) is 2.79. The minimum Gasteiger partial charge on any atom is -0.273 e. The lowest BCUT2D eigenvalue weighted by atomic mass is 9.87. The number of amides is 2. The molecular weight excluding hydrogens is 228 g/mol. The van der Waals surface area contributed by atoms with Crippen molar-refractivity contribution in [2.45, 2.75) is 66.7 Å². The molecule has 4 nitrogen and oxygen atoms in total. The Morgan fingerprint density at radius 2 is 1.78 bits per heavy atom. The van der Waals surface area contributed by atoms with Crippen LogP contribution < -0.4 is 10.9 Å². The van der Waals surface area contributed by atoms with Gasteiger partial charge in [0.1, 0.15) is 0 Å². The van der Waals surface area contributed by atoms with E-state index in [-0.39, 0.29) is 11.8 Å². The number of hydrogen-bond acceptors (Lipinski definition) is 2. The SMILES string of the molecule is CCCC(C)(C)C(=O)NNC(=O)CCCC(C)C. The van der Waals surface area contributed by atoms with Crippen LogP contribution in [-0.4, -0.2) is 11.8 Å². The summed E-state index contributed by atoms with van der Waals surface area (Å²) >= 11 is 0. The van der Waals surface area contributed by atoms with Crippen LogP contribution >= 0.6 is 0 Å². The third kappa shape index (κ3) is 7.30. The van der Waals surface area contributed by atoms with Crippen molar-refractivity contribution in [1.82, 2.24) is 10.9 Å². The quantitative estimate of drug-likeness (QED) is 0.688. The predicted molar refractivity (Wildman–Crippen MR) is 73.7 cm³/mol.